The van der Waals surface area contributed by atoms with Crippen LogP contribution in [0.3, 0.4) is 0 Å². The van der Waals surface area contributed by atoms with Crippen LogP contribution in [0.1, 0.15) is 28.8 Å². The Labute approximate surface area is 118 Å². The fourth-order valence-corrected chi connectivity index (χ4v) is 2.48. The molecule has 0 unspecified atom stereocenters. The lowest BCUT2D eigenvalue weighted by atomic mass is 9.97. The summed E-state index contributed by atoms with van der Waals surface area (Å²) in [7, 11) is 1.31. The molecule has 106 valence electrons. The van der Waals surface area contributed by atoms with Crippen molar-refractivity contribution in [2.45, 2.75) is 12.8 Å². The zero-order valence-electron chi connectivity index (χ0n) is 11.5. The highest BCUT2D eigenvalue weighted by molar-refractivity contribution is 5.93. The van der Waals surface area contributed by atoms with E-state index in [2.05, 4.69) is 4.90 Å². The van der Waals surface area contributed by atoms with E-state index in [1.54, 1.807) is 12.1 Å². The van der Waals surface area contributed by atoms with Crippen LogP contribution in [0.15, 0.2) is 18.2 Å². The number of aliphatic hydroxyl groups is 1. The summed E-state index contributed by atoms with van der Waals surface area (Å²) in [4.78, 5) is 13.9. The van der Waals surface area contributed by atoms with Crippen LogP contribution >= 0.6 is 0 Å². The second-order valence-corrected chi connectivity index (χ2v) is 4.95. The first-order valence-corrected chi connectivity index (χ1v) is 6.68. The lowest BCUT2D eigenvalue weighted by Crippen LogP contribution is -2.34. The van der Waals surface area contributed by atoms with E-state index < -0.39 is 5.97 Å². The fourth-order valence-electron chi connectivity index (χ4n) is 2.48. The first kappa shape index (κ1) is 14.4. The van der Waals surface area contributed by atoms with E-state index in [4.69, 9.17) is 15.1 Å². The average molecular weight is 274 g/mol. The van der Waals surface area contributed by atoms with Crippen LogP contribution in [0.25, 0.3) is 0 Å². The Kier molecular flexibility index (Phi) is 4.59. The molecule has 1 aromatic rings. The van der Waals surface area contributed by atoms with Crippen LogP contribution in [0.5, 0.6) is 0 Å². The van der Waals surface area contributed by atoms with Gasteiger partial charge in [-0.25, -0.2) is 4.79 Å². The van der Waals surface area contributed by atoms with Crippen molar-refractivity contribution >= 4 is 11.7 Å². The van der Waals surface area contributed by atoms with Crippen molar-refractivity contribution < 1.29 is 14.6 Å². The highest BCUT2D eigenvalue weighted by atomic mass is 16.5. The van der Waals surface area contributed by atoms with Crippen LogP contribution in [0.2, 0.25) is 0 Å². The number of nitrogens with zero attached hydrogens (tertiary/aromatic N) is 2. The van der Waals surface area contributed by atoms with Gasteiger partial charge in [0.15, 0.2) is 0 Å². The van der Waals surface area contributed by atoms with Gasteiger partial charge < -0.3 is 14.7 Å². The normalized spacial score (nSPS) is 15.8. The Hall–Kier alpha value is -2.06. The quantitative estimate of drug-likeness (QED) is 0.847. The summed E-state index contributed by atoms with van der Waals surface area (Å²) in [6.45, 7) is 1.92. The van der Waals surface area contributed by atoms with Gasteiger partial charge in [-0.15, -0.1) is 0 Å². The summed E-state index contributed by atoms with van der Waals surface area (Å²) in [5.74, 6) is -0.127. The standard InChI is InChI=1S/C15H18N2O3/c1-20-15(19)14-8-13(3-2-12(14)9-16)17-6-4-11(10-18)5-7-17/h2-3,8,11,18H,4-7,10H2,1H3. The molecule has 0 bridgehead atoms. The lowest BCUT2D eigenvalue weighted by Gasteiger charge is -2.33. The molecular weight excluding hydrogens is 256 g/mol. The van der Waals surface area contributed by atoms with E-state index in [-0.39, 0.29) is 6.61 Å². The Balaban J connectivity index is 2.22. The molecule has 0 atom stereocenters. The number of anilines is 1. The van der Waals surface area contributed by atoms with Gasteiger partial charge in [0.2, 0.25) is 0 Å². The minimum absolute atomic E-state index is 0.231. The van der Waals surface area contributed by atoms with Crippen molar-refractivity contribution in [3.05, 3.63) is 29.3 Å². The first-order valence-electron chi connectivity index (χ1n) is 6.68. The summed E-state index contributed by atoms with van der Waals surface area (Å²) < 4.78 is 4.71. The van der Waals surface area contributed by atoms with Crippen molar-refractivity contribution in [2.24, 2.45) is 5.92 Å². The summed E-state index contributed by atoms with van der Waals surface area (Å²) in [5, 5.41) is 18.2. The van der Waals surface area contributed by atoms with Crippen molar-refractivity contribution in [2.75, 3.05) is 31.7 Å². The predicted octanol–water partition coefficient (Wildman–Crippen LogP) is 1.55. The third-order valence-electron chi connectivity index (χ3n) is 3.77. The van der Waals surface area contributed by atoms with Gasteiger partial charge in [0.05, 0.1) is 18.2 Å². The molecule has 0 aromatic heterocycles. The van der Waals surface area contributed by atoms with E-state index in [1.807, 2.05) is 12.1 Å². The zero-order chi connectivity index (χ0) is 14.5. The number of carbonyl (C=O) groups excluding carboxylic acids is 1. The highest BCUT2D eigenvalue weighted by Crippen LogP contribution is 2.25. The molecule has 5 nitrogen and oxygen atoms in total. The number of ether oxygens (including phenoxy) is 1. The number of carbonyl (C=O) groups is 1. The molecule has 1 aliphatic rings. The number of hydrogen-bond donors (Lipinski definition) is 1. The molecule has 1 heterocycles. The SMILES string of the molecule is COC(=O)c1cc(N2CCC(CO)CC2)ccc1C#N. The molecule has 0 amide bonds. The Morgan fingerprint density at radius 3 is 2.75 bits per heavy atom. The molecule has 0 aliphatic carbocycles. The number of aliphatic hydroxyl groups excluding tert-OH is 1. The maximum Gasteiger partial charge on any atom is 0.339 e. The second-order valence-electron chi connectivity index (χ2n) is 4.95. The van der Waals surface area contributed by atoms with Crippen LogP contribution in [-0.2, 0) is 4.74 Å². The van der Waals surface area contributed by atoms with Crippen LogP contribution in [-0.4, -0.2) is 37.9 Å². The minimum atomic E-state index is -0.492. The van der Waals surface area contributed by atoms with Gasteiger partial charge in [0.25, 0.3) is 0 Å². The summed E-state index contributed by atoms with van der Waals surface area (Å²) in [6, 6.07) is 7.22. The molecule has 5 heteroatoms. The number of nitriles is 1. The smallest absolute Gasteiger partial charge is 0.339 e. The highest BCUT2D eigenvalue weighted by Gasteiger charge is 2.20. The lowest BCUT2D eigenvalue weighted by molar-refractivity contribution is 0.0600. The molecule has 0 radical (unpaired) electrons. The van der Waals surface area contributed by atoms with E-state index >= 15 is 0 Å². The summed E-state index contributed by atoms with van der Waals surface area (Å²) in [5.41, 5.74) is 1.54. The summed E-state index contributed by atoms with van der Waals surface area (Å²) >= 11 is 0. The third kappa shape index (κ3) is 2.91. The van der Waals surface area contributed by atoms with Gasteiger partial charge >= 0.3 is 5.97 Å². The van der Waals surface area contributed by atoms with Crippen LogP contribution < -0.4 is 4.90 Å². The number of piperidine rings is 1. The van der Waals surface area contributed by atoms with Gasteiger partial charge in [-0.1, -0.05) is 0 Å². The molecule has 1 saturated heterocycles. The largest absolute Gasteiger partial charge is 0.465 e. The Morgan fingerprint density at radius 2 is 2.20 bits per heavy atom. The molecule has 0 spiro atoms. The maximum absolute atomic E-state index is 11.7. The molecule has 1 fully saturated rings. The zero-order valence-corrected chi connectivity index (χ0v) is 11.5. The predicted molar refractivity (Wildman–Crippen MR) is 74.5 cm³/mol. The molecule has 0 saturated carbocycles. The monoisotopic (exact) mass is 274 g/mol. The van der Waals surface area contributed by atoms with Crippen LogP contribution in [0, 0.1) is 17.2 Å². The van der Waals surface area contributed by atoms with E-state index in [9.17, 15) is 4.79 Å². The van der Waals surface area contributed by atoms with Gasteiger partial charge in [-0.05, 0) is 37.0 Å². The molecular formula is C15H18N2O3. The van der Waals surface area contributed by atoms with Gasteiger partial charge in [0.1, 0.15) is 6.07 Å². The van der Waals surface area contributed by atoms with E-state index in [0.717, 1.165) is 31.6 Å². The number of hydrogen-bond acceptors (Lipinski definition) is 5. The molecule has 1 aromatic carbocycles. The van der Waals surface area contributed by atoms with Gasteiger partial charge in [-0.2, -0.15) is 5.26 Å². The van der Waals surface area contributed by atoms with E-state index in [1.165, 1.54) is 7.11 Å². The van der Waals surface area contributed by atoms with Crippen molar-refractivity contribution in [1.82, 2.24) is 0 Å². The number of rotatable bonds is 3. The first-order chi connectivity index (χ1) is 9.69. The molecule has 1 N–H and O–H groups in total. The maximum atomic E-state index is 11.7. The average Bonchev–Trinajstić information content (AvgIpc) is 2.53. The number of benzene rings is 1. The van der Waals surface area contributed by atoms with Gasteiger partial charge in [0, 0.05) is 25.4 Å². The number of esters is 1. The molecule has 2 rings (SSSR count). The Morgan fingerprint density at radius 1 is 1.50 bits per heavy atom. The molecule has 1 aliphatic heterocycles. The van der Waals surface area contributed by atoms with Crippen molar-refractivity contribution in [3.63, 3.8) is 0 Å². The molecule has 20 heavy (non-hydrogen) atoms. The van der Waals surface area contributed by atoms with Crippen molar-refractivity contribution in [1.29, 1.82) is 5.26 Å². The van der Waals surface area contributed by atoms with Gasteiger partial charge in [-0.3, -0.25) is 0 Å². The van der Waals surface area contributed by atoms with Crippen molar-refractivity contribution in [3.8, 4) is 6.07 Å². The summed E-state index contributed by atoms with van der Waals surface area (Å²) in [6.07, 6.45) is 1.87. The topological polar surface area (TPSA) is 73.6 Å². The third-order valence-corrected chi connectivity index (χ3v) is 3.77. The fraction of sp³-hybridized carbons (Fsp3) is 0.467. The number of methoxy groups -OCH3 is 1. The Bertz CT molecular complexity index is 528. The minimum Gasteiger partial charge on any atom is -0.465 e. The van der Waals surface area contributed by atoms with Crippen LogP contribution in [0.4, 0.5) is 5.69 Å². The second kappa shape index (κ2) is 6.40. The van der Waals surface area contributed by atoms with E-state index in [0.29, 0.717) is 17.0 Å².